The quantitative estimate of drug-likeness (QED) is 0.243. The van der Waals surface area contributed by atoms with E-state index >= 15 is 0 Å². The maximum Gasteiger partial charge on any atom is 0.216 e. The second-order valence-corrected chi connectivity index (χ2v) is 9.85. The van der Waals surface area contributed by atoms with Crippen LogP contribution in [0.2, 0.25) is 0 Å². The van der Waals surface area contributed by atoms with Crippen LogP contribution in [0.4, 0.5) is 5.82 Å². The summed E-state index contributed by atoms with van der Waals surface area (Å²) in [6.45, 7) is 6.13. The fourth-order valence-electron chi connectivity index (χ4n) is 4.78. The average molecular weight is 525 g/mol. The van der Waals surface area contributed by atoms with E-state index in [1.807, 2.05) is 36.4 Å². The van der Waals surface area contributed by atoms with Gasteiger partial charge in [-0.15, -0.1) is 0 Å². The zero-order chi connectivity index (χ0) is 26.9. The van der Waals surface area contributed by atoms with E-state index < -0.39 is 0 Å². The summed E-state index contributed by atoms with van der Waals surface area (Å²) in [6.07, 6.45) is 6.72. The zero-order valence-corrected chi connectivity index (χ0v) is 22.4. The molecule has 39 heavy (non-hydrogen) atoms. The number of hydrogen-bond donors (Lipinski definition) is 3. The summed E-state index contributed by atoms with van der Waals surface area (Å²) in [6, 6.07) is 22.4. The first-order valence-electron chi connectivity index (χ1n) is 13.6. The van der Waals surface area contributed by atoms with E-state index in [0.717, 1.165) is 60.6 Å². The number of likely N-dealkylation sites (tertiary alicyclic amines) is 1. The number of H-pyrrole nitrogens is 1. The Bertz CT molecular complexity index is 1380. The third-order valence-electron chi connectivity index (χ3n) is 6.85. The van der Waals surface area contributed by atoms with Crippen molar-refractivity contribution in [1.82, 2.24) is 25.2 Å². The van der Waals surface area contributed by atoms with Crippen molar-refractivity contribution in [2.24, 2.45) is 0 Å². The molecule has 0 saturated carbocycles. The summed E-state index contributed by atoms with van der Waals surface area (Å²) < 4.78 is 6.31. The van der Waals surface area contributed by atoms with E-state index in [-0.39, 0.29) is 12.0 Å². The van der Waals surface area contributed by atoms with Gasteiger partial charge in [0.1, 0.15) is 11.5 Å². The summed E-state index contributed by atoms with van der Waals surface area (Å²) in [5.41, 5.74) is 3.93. The summed E-state index contributed by atoms with van der Waals surface area (Å²) in [5, 5.41) is 7.09. The minimum Gasteiger partial charge on any atom is -0.372 e. The van der Waals surface area contributed by atoms with Gasteiger partial charge in [0.2, 0.25) is 5.91 Å². The van der Waals surface area contributed by atoms with Gasteiger partial charge in [-0.05, 0) is 24.5 Å². The lowest BCUT2D eigenvalue weighted by Crippen LogP contribution is -2.37. The molecule has 3 N–H and O–H groups in total. The van der Waals surface area contributed by atoms with Crippen LogP contribution in [0.15, 0.2) is 72.8 Å². The number of ether oxygens (including phenoxy) is 1. The molecule has 0 atom stereocenters. The molecule has 3 heterocycles. The molecule has 1 saturated heterocycles. The van der Waals surface area contributed by atoms with Crippen molar-refractivity contribution < 1.29 is 9.53 Å². The van der Waals surface area contributed by atoms with Gasteiger partial charge in [0.05, 0.1) is 18.1 Å². The Morgan fingerprint density at radius 2 is 1.79 bits per heavy atom. The number of aromatic amines is 1. The lowest BCUT2D eigenvalue weighted by atomic mass is 10.1. The SMILES string of the molecule is CC(=O)NCCNc1nc(-c2ccccc2)nc2[nH]c(COC3CCN(CC=Cc4ccccc4)CC3)cc12. The smallest absolute Gasteiger partial charge is 0.216 e. The molecular weight excluding hydrogens is 488 g/mol. The second kappa shape index (κ2) is 13.2. The van der Waals surface area contributed by atoms with Crippen LogP contribution in [0.3, 0.4) is 0 Å². The fourth-order valence-corrected chi connectivity index (χ4v) is 4.78. The van der Waals surface area contributed by atoms with Crippen LogP contribution in [0.1, 0.15) is 31.0 Å². The molecule has 202 valence electrons. The van der Waals surface area contributed by atoms with Crippen molar-refractivity contribution in [3.63, 3.8) is 0 Å². The van der Waals surface area contributed by atoms with E-state index in [4.69, 9.17) is 14.7 Å². The molecule has 2 aromatic carbocycles. The van der Waals surface area contributed by atoms with Gasteiger partial charge in [-0.2, -0.15) is 0 Å². The lowest BCUT2D eigenvalue weighted by molar-refractivity contribution is -0.118. The number of rotatable bonds is 11. The Labute approximate surface area is 229 Å². The van der Waals surface area contributed by atoms with Crippen molar-refractivity contribution in [1.29, 1.82) is 0 Å². The number of fused-ring (bicyclic) bond motifs is 1. The number of aromatic nitrogens is 3. The van der Waals surface area contributed by atoms with Crippen LogP contribution in [0, 0.1) is 0 Å². The fraction of sp³-hybridized carbons (Fsp3) is 0.323. The van der Waals surface area contributed by atoms with Crippen LogP contribution in [0.5, 0.6) is 0 Å². The molecule has 8 heteroatoms. The minimum atomic E-state index is -0.0508. The second-order valence-electron chi connectivity index (χ2n) is 9.85. The Morgan fingerprint density at radius 3 is 2.54 bits per heavy atom. The highest BCUT2D eigenvalue weighted by Crippen LogP contribution is 2.26. The van der Waals surface area contributed by atoms with Crippen LogP contribution in [-0.4, -0.2) is 64.6 Å². The Kier molecular flexibility index (Phi) is 8.98. The van der Waals surface area contributed by atoms with Crippen LogP contribution in [0.25, 0.3) is 28.5 Å². The molecular formula is C31H36N6O2. The number of hydrogen-bond acceptors (Lipinski definition) is 6. The number of anilines is 1. The van der Waals surface area contributed by atoms with Gasteiger partial charge in [-0.1, -0.05) is 72.8 Å². The third-order valence-corrected chi connectivity index (χ3v) is 6.85. The molecule has 1 fully saturated rings. The summed E-state index contributed by atoms with van der Waals surface area (Å²) >= 11 is 0. The molecule has 1 aliphatic heterocycles. The molecule has 8 nitrogen and oxygen atoms in total. The molecule has 2 aromatic heterocycles. The van der Waals surface area contributed by atoms with Gasteiger partial charge in [0.25, 0.3) is 0 Å². The molecule has 0 spiro atoms. The van der Waals surface area contributed by atoms with Crippen molar-refractivity contribution in [3.05, 3.63) is 84.1 Å². The summed E-state index contributed by atoms with van der Waals surface area (Å²) in [7, 11) is 0. The van der Waals surface area contributed by atoms with Gasteiger partial charge in [-0.3, -0.25) is 9.69 Å². The lowest BCUT2D eigenvalue weighted by Gasteiger charge is -2.31. The predicted octanol–water partition coefficient (Wildman–Crippen LogP) is 4.87. The van der Waals surface area contributed by atoms with Gasteiger partial charge in [0.15, 0.2) is 5.82 Å². The molecule has 0 radical (unpaired) electrons. The molecule has 4 aromatic rings. The van der Waals surface area contributed by atoms with Crippen LogP contribution >= 0.6 is 0 Å². The minimum absolute atomic E-state index is 0.0508. The van der Waals surface area contributed by atoms with Crippen molar-refractivity contribution in [3.8, 4) is 11.4 Å². The third kappa shape index (κ3) is 7.52. The largest absolute Gasteiger partial charge is 0.372 e. The topological polar surface area (TPSA) is 95.2 Å². The Hall–Kier alpha value is -4.01. The molecule has 1 amide bonds. The van der Waals surface area contributed by atoms with Gasteiger partial charge >= 0.3 is 0 Å². The first-order chi connectivity index (χ1) is 19.1. The summed E-state index contributed by atoms with van der Waals surface area (Å²) in [5.74, 6) is 1.34. The standard InChI is InChI=1S/C31H36N6O2/c1-23(38)32-16-17-33-30-28-21-26(34-31(28)36-29(35-30)25-12-6-3-7-13-25)22-39-27-14-19-37(20-15-27)18-8-11-24-9-4-2-5-10-24/h2-13,21,27H,14-20,22H2,1H3,(H,32,38)(H2,33,34,35,36). The molecule has 1 aliphatic rings. The van der Waals surface area contributed by atoms with E-state index in [1.165, 1.54) is 12.5 Å². The van der Waals surface area contributed by atoms with Crippen molar-refractivity contribution in [2.75, 3.05) is 38.0 Å². The van der Waals surface area contributed by atoms with Crippen LogP contribution < -0.4 is 10.6 Å². The molecule has 0 aliphatic carbocycles. The van der Waals surface area contributed by atoms with E-state index in [1.54, 1.807) is 0 Å². The highest BCUT2D eigenvalue weighted by Gasteiger charge is 2.20. The Balaban J connectivity index is 1.19. The van der Waals surface area contributed by atoms with Gasteiger partial charge in [-0.25, -0.2) is 9.97 Å². The molecule has 0 bridgehead atoms. The number of benzene rings is 2. The number of carbonyl (C=O) groups is 1. The Morgan fingerprint density at radius 1 is 1.05 bits per heavy atom. The zero-order valence-electron chi connectivity index (χ0n) is 22.4. The van der Waals surface area contributed by atoms with E-state index in [9.17, 15) is 4.79 Å². The number of nitrogens with zero attached hydrogens (tertiary/aromatic N) is 3. The van der Waals surface area contributed by atoms with Crippen molar-refractivity contribution >= 4 is 28.8 Å². The first kappa shape index (κ1) is 26.6. The number of piperidine rings is 1. The van der Waals surface area contributed by atoms with Gasteiger partial charge < -0.3 is 20.4 Å². The maximum absolute atomic E-state index is 11.2. The maximum atomic E-state index is 11.2. The molecule has 5 rings (SSSR count). The number of amides is 1. The van der Waals surface area contributed by atoms with Gasteiger partial charge in [0, 0.05) is 50.9 Å². The molecule has 0 unspecified atom stereocenters. The van der Waals surface area contributed by atoms with Crippen LogP contribution in [-0.2, 0) is 16.1 Å². The van der Waals surface area contributed by atoms with E-state index in [0.29, 0.717) is 25.5 Å². The highest BCUT2D eigenvalue weighted by atomic mass is 16.5. The number of nitrogens with one attached hydrogen (secondary N) is 3. The number of carbonyl (C=O) groups excluding carboxylic acids is 1. The normalized spacial score (nSPS) is 14.7. The van der Waals surface area contributed by atoms with E-state index in [2.05, 4.69) is 63.0 Å². The average Bonchev–Trinajstić information content (AvgIpc) is 3.39. The summed E-state index contributed by atoms with van der Waals surface area (Å²) in [4.78, 5) is 26.7. The predicted molar refractivity (Wildman–Crippen MR) is 156 cm³/mol. The monoisotopic (exact) mass is 524 g/mol. The first-order valence-corrected chi connectivity index (χ1v) is 13.6. The van der Waals surface area contributed by atoms with Crippen molar-refractivity contribution in [2.45, 2.75) is 32.5 Å². The highest BCUT2D eigenvalue weighted by molar-refractivity contribution is 5.89.